The van der Waals surface area contributed by atoms with E-state index in [4.69, 9.17) is 0 Å². The number of aryl methyl sites for hydroxylation is 1. The Morgan fingerprint density at radius 3 is 2.62 bits per heavy atom. The van der Waals surface area contributed by atoms with Gasteiger partial charge in [-0.3, -0.25) is 4.79 Å². The van der Waals surface area contributed by atoms with Crippen LogP contribution in [-0.4, -0.2) is 11.7 Å². The molecule has 0 saturated heterocycles. The maximum absolute atomic E-state index is 13.0. The average Bonchev–Trinajstić information content (AvgIpc) is 2.43. The molecule has 2 rings (SSSR count). The fourth-order valence-electron chi connectivity index (χ4n) is 1.62. The Morgan fingerprint density at radius 1 is 1.19 bits per heavy atom. The van der Waals surface area contributed by atoms with Crippen molar-refractivity contribution in [2.75, 3.05) is 11.1 Å². The van der Waals surface area contributed by atoms with Crippen LogP contribution in [-0.2, 0) is 4.79 Å². The number of hydrogen-bond donors (Lipinski definition) is 1. The zero-order valence-electron chi connectivity index (χ0n) is 11.1. The lowest BCUT2D eigenvalue weighted by atomic mass is 10.2. The number of thioether (sulfide) groups is 1. The number of nitrogens with one attached hydrogen (secondary N) is 1. The highest BCUT2D eigenvalue weighted by Crippen LogP contribution is 2.24. The van der Waals surface area contributed by atoms with E-state index in [2.05, 4.69) is 21.2 Å². The molecule has 1 amide bonds. The molecule has 0 bridgehead atoms. The number of amides is 1. The van der Waals surface area contributed by atoms with E-state index in [0.717, 1.165) is 33.9 Å². The number of benzene rings is 2. The van der Waals surface area contributed by atoms with Gasteiger partial charge in [0.1, 0.15) is 0 Å². The predicted octanol–water partition coefficient (Wildman–Crippen LogP) is 4.77. The molecule has 0 aromatic heterocycles. The van der Waals surface area contributed by atoms with E-state index >= 15 is 0 Å². The minimum absolute atomic E-state index is 0.116. The molecule has 1 N–H and O–H groups in total. The molecule has 0 heterocycles. The second kappa shape index (κ2) is 7.04. The lowest BCUT2D eigenvalue weighted by Crippen LogP contribution is -2.14. The van der Waals surface area contributed by atoms with Crippen molar-refractivity contribution >= 4 is 39.3 Å². The van der Waals surface area contributed by atoms with Crippen LogP contribution in [0.25, 0.3) is 0 Å². The highest BCUT2D eigenvalue weighted by molar-refractivity contribution is 9.10. The van der Waals surface area contributed by atoms with Crippen LogP contribution in [0.4, 0.5) is 14.5 Å². The summed E-state index contributed by atoms with van der Waals surface area (Å²) in [6.07, 6.45) is 0. The zero-order chi connectivity index (χ0) is 15.4. The lowest BCUT2D eigenvalue weighted by molar-refractivity contribution is -0.113. The molecule has 0 fully saturated rings. The normalized spacial score (nSPS) is 10.5. The fourth-order valence-corrected chi connectivity index (χ4v) is 2.94. The van der Waals surface area contributed by atoms with Crippen molar-refractivity contribution < 1.29 is 13.6 Å². The van der Waals surface area contributed by atoms with Crippen LogP contribution in [0.15, 0.2) is 45.8 Å². The summed E-state index contributed by atoms with van der Waals surface area (Å²) in [7, 11) is 0. The minimum atomic E-state index is -0.915. The van der Waals surface area contributed by atoms with Crippen LogP contribution in [0.1, 0.15) is 5.56 Å². The van der Waals surface area contributed by atoms with Gasteiger partial charge < -0.3 is 5.32 Å². The van der Waals surface area contributed by atoms with Gasteiger partial charge in [0.05, 0.1) is 11.4 Å². The summed E-state index contributed by atoms with van der Waals surface area (Å²) in [5.41, 5.74) is 1.76. The molecule has 0 aliphatic heterocycles. The van der Waals surface area contributed by atoms with Gasteiger partial charge >= 0.3 is 0 Å². The molecular formula is C15H12BrF2NOS. The van der Waals surface area contributed by atoms with Gasteiger partial charge in [0, 0.05) is 9.37 Å². The van der Waals surface area contributed by atoms with Gasteiger partial charge in [-0.2, -0.15) is 0 Å². The minimum Gasteiger partial charge on any atom is -0.324 e. The van der Waals surface area contributed by atoms with E-state index in [9.17, 15) is 13.6 Å². The predicted molar refractivity (Wildman–Crippen MR) is 84.6 cm³/mol. The molecule has 0 atom stereocenters. The third-order valence-corrected chi connectivity index (χ3v) is 4.31. The van der Waals surface area contributed by atoms with Crippen LogP contribution >= 0.6 is 27.7 Å². The van der Waals surface area contributed by atoms with Gasteiger partial charge in [-0.1, -0.05) is 6.07 Å². The second-order valence-corrected chi connectivity index (χ2v) is 6.30. The van der Waals surface area contributed by atoms with Gasteiger partial charge in [0.25, 0.3) is 0 Å². The lowest BCUT2D eigenvalue weighted by Gasteiger charge is -2.08. The standard InChI is InChI=1S/C15H12BrF2NOS/c1-9-2-5-14(11(16)6-9)19-15(20)8-21-10-3-4-12(17)13(18)7-10/h2-7H,8H2,1H3,(H,19,20). The van der Waals surface area contributed by atoms with Crippen molar-refractivity contribution in [2.45, 2.75) is 11.8 Å². The van der Waals surface area contributed by atoms with E-state index in [1.165, 1.54) is 6.07 Å². The maximum atomic E-state index is 13.0. The van der Waals surface area contributed by atoms with Gasteiger partial charge in [0.15, 0.2) is 11.6 Å². The monoisotopic (exact) mass is 371 g/mol. The Morgan fingerprint density at radius 2 is 1.95 bits per heavy atom. The first-order valence-corrected chi connectivity index (χ1v) is 7.87. The van der Waals surface area contributed by atoms with Crippen molar-refractivity contribution in [1.29, 1.82) is 0 Å². The molecule has 0 radical (unpaired) electrons. The summed E-state index contributed by atoms with van der Waals surface area (Å²) >= 11 is 4.52. The molecule has 0 aliphatic carbocycles. The largest absolute Gasteiger partial charge is 0.324 e. The van der Waals surface area contributed by atoms with Gasteiger partial charge in [-0.15, -0.1) is 11.8 Å². The molecule has 2 nitrogen and oxygen atoms in total. The van der Waals surface area contributed by atoms with Crippen molar-refractivity contribution in [3.8, 4) is 0 Å². The molecule has 2 aromatic rings. The van der Waals surface area contributed by atoms with E-state index in [0.29, 0.717) is 10.6 Å². The summed E-state index contributed by atoms with van der Waals surface area (Å²) in [5.74, 6) is -1.91. The maximum Gasteiger partial charge on any atom is 0.234 e. The van der Waals surface area contributed by atoms with Crippen molar-refractivity contribution in [3.63, 3.8) is 0 Å². The molecule has 110 valence electrons. The van der Waals surface area contributed by atoms with E-state index in [1.54, 1.807) is 6.07 Å². The highest BCUT2D eigenvalue weighted by atomic mass is 79.9. The zero-order valence-corrected chi connectivity index (χ0v) is 13.5. The molecule has 6 heteroatoms. The van der Waals surface area contributed by atoms with Crippen LogP contribution in [0.5, 0.6) is 0 Å². The Balaban J connectivity index is 1.94. The average molecular weight is 372 g/mol. The third kappa shape index (κ3) is 4.54. The Labute approximate surface area is 134 Å². The molecule has 0 unspecified atom stereocenters. The molecule has 21 heavy (non-hydrogen) atoms. The number of halogens is 3. The highest BCUT2D eigenvalue weighted by Gasteiger charge is 2.08. The Bertz CT molecular complexity index is 679. The summed E-state index contributed by atoms with van der Waals surface area (Å²) in [6.45, 7) is 1.95. The van der Waals surface area contributed by atoms with E-state index in [-0.39, 0.29) is 11.7 Å². The van der Waals surface area contributed by atoms with Gasteiger partial charge in [-0.25, -0.2) is 8.78 Å². The molecule has 0 aliphatic rings. The first kappa shape index (κ1) is 16.0. The van der Waals surface area contributed by atoms with Crippen LogP contribution in [0.3, 0.4) is 0 Å². The summed E-state index contributed by atoms with van der Waals surface area (Å²) in [4.78, 5) is 12.4. The van der Waals surface area contributed by atoms with Gasteiger partial charge in [0.2, 0.25) is 5.91 Å². The van der Waals surface area contributed by atoms with Gasteiger partial charge in [-0.05, 0) is 58.7 Å². The SMILES string of the molecule is Cc1ccc(NC(=O)CSc2ccc(F)c(F)c2)c(Br)c1. The fraction of sp³-hybridized carbons (Fsp3) is 0.133. The van der Waals surface area contributed by atoms with Crippen LogP contribution in [0.2, 0.25) is 0 Å². The van der Waals surface area contributed by atoms with Crippen molar-refractivity contribution in [3.05, 3.63) is 58.1 Å². The summed E-state index contributed by atoms with van der Waals surface area (Å²) in [6, 6.07) is 9.17. The van der Waals surface area contributed by atoms with Crippen molar-refractivity contribution in [1.82, 2.24) is 0 Å². The Hall–Kier alpha value is -1.40. The summed E-state index contributed by atoms with van der Waals surface area (Å²) < 4.78 is 26.6. The third-order valence-electron chi connectivity index (χ3n) is 2.66. The van der Waals surface area contributed by atoms with E-state index in [1.807, 2.05) is 19.1 Å². The second-order valence-electron chi connectivity index (χ2n) is 4.40. The number of anilines is 1. The van der Waals surface area contributed by atoms with Crippen LogP contribution in [0, 0.1) is 18.6 Å². The topological polar surface area (TPSA) is 29.1 Å². The summed E-state index contributed by atoms with van der Waals surface area (Å²) in [5, 5.41) is 2.76. The molecule has 0 spiro atoms. The van der Waals surface area contributed by atoms with Crippen molar-refractivity contribution in [2.24, 2.45) is 0 Å². The first-order chi connectivity index (χ1) is 9.95. The molecule has 0 saturated carbocycles. The quantitative estimate of drug-likeness (QED) is 0.784. The van der Waals surface area contributed by atoms with Crippen LogP contribution < -0.4 is 5.32 Å². The molecular weight excluding hydrogens is 360 g/mol. The number of rotatable bonds is 4. The first-order valence-electron chi connectivity index (χ1n) is 6.09. The number of carbonyl (C=O) groups is 1. The molecule has 2 aromatic carbocycles. The van der Waals surface area contributed by atoms with E-state index < -0.39 is 11.6 Å². The Kier molecular flexibility index (Phi) is 5.36. The number of carbonyl (C=O) groups excluding carboxylic acids is 1. The number of hydrogen-bond acceptors (Lipinski definition) is 2. The smallest absolute Gasteiger partial charge is 0.234 e.